The van der Waals surface area contributed by atoms with Crippen LogP contribution in [0.25, 0.3) is 0 Å². The monoisotopic (exact) mass is 343 g/mol. The van der Waals surface area contributed by atoms with Crippen LogP contribution in [0.1, 0.15) is 38.4 Å². The van der Waals surface area contributed by atoms with Crippen LogP contribution in [0.4, 0.5) is 0 Å². The number of amides is 2. The topological polar surface area (TPSA) is 75.4 Å². The Hall–Kier alpha value is -2.18. The average Bonchev–Trinajstić information content (AvgIpc) is 3.12. The molecule has 0 radical (unpaired) electrons. The van der Waals surface area contributed by atoms with Crippen LogP contribution in [0, 0.1) is 0 Å². The molecule has 6 heteroatoms. The zero-order chi connectivity index (χ0) is 16.9. The fraction of sp³-hybridized carbons (Fsp3) is 0.333. The molecule has 0 unspecified atom stereocenters. The lowest BCUT2D eigenvalue weighted by Gasteiger charge is -2.32. The van der Waals surface area contributed by atoms with Crippen LogP contribution in [0.3, 0.4) is 0 Å². The van der Waals surface area contributed by atoms with E-state index in [4.69, 9.17) is 5.73 Å². The van der Waals surface area contributed by atoms with E-state index >= 15 is 0 Å². The van der Waals surface area contributed by atoms with Gasteiger partial charge in [0.15, 0.2) is 0 Å². The van der Waals surface area contributed by atoms with Crippen LogP contribution in [-0.2, 0) is 6.54 Å². The summed E-state index contributed by atoms with van der Waals surface area (Å²) >= 11 is 1.47. The second kappa shape index (κ2) is 7.59. The average molecular weight is 343 g/mol. The van der Waals surface area contributed by atoms with Gasteiger partial charge >= 0.3 is 0 Å². The van der Waals surface area contributed by atoms with Crippen LogP contribution in [-0.4, -0.2) is 35.8 Å². The van der Waals surface area contributed by atoms with Gasteiger partial charge in [0.05, 0.1) is 4.88 Å². The predicted octanol–water partition coefficient (Wildman–Crippen LogP) is 2.24. The first kappa shape index (κ1) is 16.7. The third-order valence-electron chi connectivity index (χ3n) is 4.31. The van der Waals surface area contributed by atoms with Crippen molar-refractivity contribution in [2.45, 2.75) is 25.4 Å². The van der Waals surface area contributed by atoms with Crippen molar-refractivity contribution >= 4 is 23.2 Å². The fourth-order valence-corrected chi connectivity index (χ4v) is 3.56. The van der Waals surface area contributed by atoms with E-state index in [1.807, 2.05) is 29.6 Å². The number of nitrogens with zero attached hydrogens (tertiary/aromatic N) is 1. The number of nitrogens with two attached hydrogens (primary N) is 1. The molecule has 2 amide bonds. The normalized spacial score (nSPS) is 16.0. The molecule has 0 saturated carbocycles. The van der Waals surface area contributed by atoms with Crippen molar-refractivity contribution in [3.05, 3.63) is 57.8 Å². The Balaban J connectivity index is 1.46. The second-order valence-electron chi connectivity index (χ2n) is 6.06. The minimum absolute atomic E-state index is 0.0329. The van der Waals surface area contributed by atoms with Gasteiger partial charge in [0.1, 0.15) is 0 Å². The summed E-state index contributed by atoms with van der Waals surface area (Å²) < 4.78 is 0. The molecule has 3 N–H and O–H groups in total. The summed E-state index contributed by atoms with van der Waals surface area (Å²) in [5.74, 6) is -0.366. The first-order valence-electron chi connectivity index (χ1n) is 8.07. The second-order valence-corrected chi connectivity index (χ2v) is 7.01. The molecule has 1 aliphatic rings. The number of likely N-dealkylation sites (tertiary alicyclic amines) is 1. The zero-order valence-electron chi connectivity index (χ0n) is 13.4. The van der Waals surface area contributed by atoms with Gasteiger partial charge in [0, 0.05) is 31.2 Å². The lowest BCUT2D eigenvalue weighted by atomic mass is 10.0. The van der Waals surface area contributed by atoms with Crippen molar-refractivity contribution in [2.24, 2.45) is 5.73 Å². The number of benzene rings is 1. The van der Waals surface area contributed by atoms with Crippen molar-refractivity contribution in [1.82, 2.24) is 10.2 Å². The van der Waals surface area contributed by atoms with E-state index in [1.54, 1.807) is 12.1 Å². The van der Waals surface area contributed by atoms with Crippen LogP contribution in [0.5, 0.6) is 0 Å². The van der Waals surface area contributed by atoms with Gasteiger partial charge in [-0.3, -0.25) is 14.5 Å². The lowest BCUT2D eigenvalue weighted by Crippen LogP contribution is -2.44. The van der Waals surface area contributed by atoms with E-state index in [0.29, 0.717) is 5.56 Å². The Morgan fingerprint density at radius 1 is 1.17 bits per heavy atom. The van der Waals surface area contributed by atoms with E-state index in [2.05, 4.69) is 10.2 Å². The highest BCUT2D eigenvalue weighted by Crippen LogP contribution is 2.16. The Bertz CT molecular complexity index is 690. The highest BCUT2D eigenvalue weighted by atomic mass is 32.1. The number of rotatable bonds is 5. The van der Waals surface area contributed by atoms with Gasteiger partial charge < -0.3 is 11.1 Å². The maximum atomic E-state index is 12.1. The fourth-order valence-electron chi connectivity index (χ4n) is 2.93. The van der Waals surface area contributed by atoms with Crippen LogP contribution >= 0.6 is 11.3 Å². The summed E-state index contributed by atoms with van der Waals surface area (Å²) in [6.45, 7) is 2.75. The van der Waals surface area contributed by atoms with Gasteiger partial charge in [0.2, 0.25) is 5.91 Å². The van der Waals surface area contributed by atoms with Crippen molar-refractivity contribution < 1.29 is 9.59 Å². The number of piperidine rings is 1. The largest absolute Gasteiger partial charge is 0.366 e. The smallest absolute Gasteiger partial charge is 0.261 e. The van der Waals surface area contributed by atoms with Gasteiger partial charge in [-0.1, -0.05) is 18.2 Å². The summed E-state index contributed by atoms with van der Waals surface area (Å²) in [5, 5.41) is 5.04. The Labute approximate surface area is 145 Å². The molecule has 1 aromatic heterocycles. The van der Waals surface area contributed by atoms with Crippen molar-refractivity contribution in [2.75, 3.05) is 13.1 Å². The van der Waals surface area contributed by atoms with E-state index < -0.39 is 5.91 Å². The Kier molecular flexibility index (Phi) is 5.27. The van der Waals surface area contributed by atoms with Gasteiger partial charge in [-0.15, -0.1) is 11.3 Å². The number of primary amides is 1. The highest BCUT2D eigenvalue weighted by Gasteiger charge is 2.21. The number of carbonyl (C=O) groups is 2. The maximum absolute atomic E-state index is 12.1. The van der Waals surface area contributed by atoms with E-state index in [1.165, 1.54) is 16.9 Å². The zero-order valence-corrected chi connectivity index (χ0v) is 14.2. The van der Waals surface area contributed by atoms with Crippen LogP contribution in [0.15, 0.2) is 41.8 Å². The molecule has 2 aromatic rings. The predicted molar refractivity (Wildman–Crippen MR) is 95.0 cm³/mol. The molecule has 3 rings (SSSR count). The third kappa shape index (κ3) is 4.21. The molecule has 0 spiro atoms. The molecular formula is C18H21N3O2S. The summed E-state index contributed by atoms with van der Waals surface area (Å²) in [6, 6.07) is 11.4. The number of hydrogen-bond donors (Lipinski definition) is 2. The highest BCUT2D eigenvalue weighted by molar-refractivity contribution is 7.12. The van der Waals surface area contributed by atoms with Crippen molar-refractivity contribution in [1.29, 1.82) is 0 Å². The summed E-state index contributed by atoms with van der Waals surface area (Å²) in [6.07, 6.45) is 1.91. The SMILES string of the molecule is NC(=O)c1ccc(CN2CCC(NC(=O)c3cccs3)CC2)cc1. The van der Waals surface area contributed by atoms with E-state index in [0.717, 1.165) is 37.4 Å². The van der Waals surface area contributed by atoms with Crippen molar-refractivity contribution in [3.8, 4) is 0 Å². The molecule has 1 saturated heterocycles. The van der Waals surface area contributed by atoms with Gasteiger partial charge in [-0.2, -0.15) is 0 Å². The van der Waals surface area contributed by atoms with E-state index in [9.17, 15) is 9.59 Å². The number of thiophene rings is 1. The maximum Gasteiger partial charge on any atom is 0.261 e. The third-order valence-corrected chi connectivity index (χ3v) is 5.18. The Morgan fingerprint density at radius 3 is 2.46 bits per heavy atom. The molecule has 0 atom stereocenters. The number of carbonyl (C=O) groups excluding carboxylic acids is 2. The van der Waals surface area contributed by atoms with Gasteiger partial charge in [-0.25, -0.2) is 0 Å². The molecule has 2 heterocycles. The summed E-state index contributed by atoms with van der Waals surface area (Å²) in [4.78, 5) is 26.3. The molecule has 24 heavy (non-hydrogen) atoms. The molecule has 1 fully saturated rings. The molecular weight excluding hydrogens is 322 g/mol. The lowest BCUT2D eigenvalue weighted by molar-refractivity contribution is 0.0912. The Morgan fingerprint density at radius 2 is 1.88 bits per heavy atom. The molecule has 1 aromatic carbocycles. The molecule has 5 nitrogen and oxygen atoms in total. The quantitative estimate of drug-likeness (QED) is 0.874. The van der Waals surface area contributed by atoms with E-state index in [-0.39, 0.29) is 11.9 Å². The molecule has 0 bridgehead atoms. The molecule has 1 aliphatic heterocycles. The number of hydrogen-bond acceptors (Lipinski definition) is 4. The van der Waals surface area contributed by atoms with Crippen molar-refractivity contribution in [3.63, 3.8) is 0 Å². The minimum atomic E-state index is -0.399. The van der Waals surface area contributed by atoms with Crippen LogP contribution < -0.4 is 11.1 Å². The summed E-state index contributed by atoms with van der Waals surface area (Å²) in [7, 11) is 0. The van der Waals surface area contributed by atoms with Gasteiger partial charge in [0.25, 0.3) is 5.91 Å². The number of nitrogens with one attached hydrogen (secondary N) is 1. The first-order chi connectivity index (χ1) is 11.6. The van der Waals surface area contributed by atoms with Crippen LogP contribution in [0.2, 0.25) is 0 Å². The van der Waals surface area contributed by atoms with Gasteiger partial charge in [-0.05, 0) is 42.0 Å². The summed E-state index contributed by atoms with van der Waals surface area (Å²) in [5.41, 5.74) is 6.96. The molecule has 126 valence electrons. The first-order valence-corrected chi connectivity index (χ1v) is 8.95. The minimum Gasteiger partial charge on any atom is -0.366 e. The standard InChI is InChI=1S/C18H21N3O2S/c19-17(22)14-5-3-13(4-6-14)12-21-9-7-15(8-10-21)20-18(23)16-2-1-11-24-16/h1-6,11,15H,7-10,12H2,(H2,19,22)(H,20,23). The molecule has 0 aliphatic carbocycles.